The van der Waals surface area contributed by atoms with E-state index in [-0.39, 0.29) is 20.6 Å². The first-order valence-electron chi connectivity index (χ1n) is 7.13. The van der Waals surface area contributed by atoms with E-state index in [0.29, 0.717) is 0 Å². The lowest BCUT2D eigenvalue weighted by Crippen LogP contribution is -2.23. The Morgan fingerprint density at radius 3 is 2.15 bits per heavy atom. The van der Waals surface area contributed by atoms with Gasteiger partial charge in [-0.3, -0.25) is 4.79 Å². The van der Waals surface area contributed by atoms with Gasteiger partial charge in [0.05, 0.1) is 10.5 Å². The second kappa shape index (κ2) is 7.37. The molecule has 0 aliphatic rings. The van der Waals surface area contributed by atoms with E-state index in [4.69, 9.17) is 0 Å². The maximum atomic E-state index is 12.6. The molecular formula is C16H14BrF3N2O3S. The molecule has 0 bridgehead atoms. The minimum absolute atomic E-state index is 0.0496. The Labute approximate surface area is 157 Å². The first-order valence-corrected chi connectivity index (χ1v) is 9.37. The predicted molar refractivity (Wildman–Crippen MR) is 94.4 cm³/mol. The summed E-state index contributed by atoms with van der Waals surface area (Å²) in [6.07, 6.45) is -4.47. The van der Waals surface area contributed by atoms with E-state index >= 15 is 0 Å². The summed E-state index contributed by atoms with van der Waals surface area (Å²) in [5, 5.41) is 2.43. The van der Waals surface area contributed by atoms with E-state index in [2.05, 4.69) is 21.2 Å². The molecule has 0 fully saturated rings. The number of halogens is 4. The summed E-state index contributed by atoms with van der Waals surface area (Å²) in [4.78, 5) is 12.2. The molecule has 140 valence electrons. The second-order valence-electron chi connectivity index (χ2n) is 5.46. The standard InChI is InChI=1S/C16H14BrF3N2O3S/c1-22(2)26(24,25)14-9-10(3-8-13(14)17)15(23)21-12-6-4-11(5-7-12)16(18,19)20/h3-9H,1-2H3,(H,21,23). The van der Waals surface area contributed by atoms with Gasteiger partial charge in [-0.15, -0.1) is 0 Å². The molecule has 0 aromatic heterocycles. The van der Waals surface area contributed by atoms with Crippen molar-refractivity contribution in [2.45, 2.75) is 11.1 Å². The number of nitrogens with zero attached hydrogens (tertiary/aromatic N) is 1. The number of benzene rings is 2. The van der Waals surface area contributed by atoms with Crippen molar-refractivity contribution in [1.29, 1.82) is 0 Å². The fourth-order valence-electron chi connectivity index (χ4n) is 1.98. The molecule has 0 saturated heterocycles. The predicted octanol–water partition coefficient (Wildman–Crippen LogP) is 3.97. The Kier molecular flexibility index (Phi) is 5.79. The molecule has 0 radical (unpaired) electrons. The summed E-state index contributed by atoms with van der Waals surface area (Å²) in [5.41, 5.74) is -0.630. The Bertz CT molecular complexity index is 927. The molecule has 0 atom stereocenters. The van der Waals surface area contributed by atoms with Crippen molar-refractivity contribution in [3.8, 4) is 0 Å². The van der Waals surface area contributed by atoms with Crippen molar-refractivity contribution in [1.82, 2.24) is 4.31 Å². The largest absolute Gasteiger partial charge is 0.416 e. The third-order valence-electron chi connectivity index (χ3n) is 3.42. The van der Waals surface area contributed by atoms with Crippen LogP contribution < -0.4 is 5.32 Å². The van der Waals surface area contributed by atoms with Gasteiger partial charge in [-0.05, 0) is 58.4 Å². The molecule has 5 nitrogen and oxygen atoms in total. The summed E-state index contributed by atoms with van der Waals surface area (Å²) >= 11 is 3.13. The highest BCUT2D eigenvalue weighted by Crippen LogP contribution is 2.30. The van der Waals surface area contributed by atoms with E-state index in [1.807, 2.05) is 0 Å². The molecule has 2 aromatic rings. The Hall–Kier alpha value is -1.91. The van der Waals surface area contributed by atoms with E-state index in [9.17, 15) is 26.4 Å². The van der Waals surface area contributed by atoms with Crippen LogP contribution in [0.2, 0.25) is 0 Å². The van der Waals surface area contributed by atoms with Gasteiger partial charge in [-0.1, -0.05) is 0 Å². The van der Waals surface area contributed by atoms with Gasteiger partial charge >= 0.3 is 6.18 Å². The van der Waals surface area contributed by atoms with Crippen LogP contribution >= 0.6 is 15.9 Å². The molecule has 0 heterocycles. The third kappa shape index (κ3) is 4.43. The van der Waals surface area contributed by atoms with Gasteiger partial charge in [0.15, 0.2) is 0 Å². The average Bonchev–Trinajstić information content (AvgIpc) is 2.54. The van der Waals surface area contributed by atoms with Crippen LogP contribution in [0.4, 0.5) is 18.9 Å². The summed E-state index contributed by atoms with van der Waals surface area (Å²) in [5.74, 6) is -0.646. The van der Waals surface area contributed by atoms with Crippen LogP contribution in [0, 0.1) is 0 Å². The summed E-state index contributed by atoms with van der Waals surface area (Å²) in [7, 11) is -1.06. The molecule has 0 aliphatic carbocycles. The van der Waals surface area contributed by atoms with Crippen molar-refractivity contribution >= 4 is 37.5 Å². The zero-order valence-corrected chi connectivity index (χ0v) is 16.0. The second-order valence-corrected chi connectivity index (χ2v) is 8.44. The SMILES string of the molecule is CN(C)S(=O)(=O)c1cc(C(=O)Nc2ccc(C(F)(F)F)cc2)ccc1Br. The van der Waals surface area contributed by atoms with Gasteiger partial charge < -0.3 is 5.32 Å². The van der Waals surface area contributed by atoms with Gasteiger partial charge in [0, 0.05) is 29.8 Å². The molecule has 10 heteroatoms. The number of alkyl halides is 3. The monoisotopic (exact) mass is 450 g/mol. The van der Waals surface area contributed by atoms with E-state index in [1.54, 1.807) is 0 Å². The van der Waals surface area contributed by atoms with Gasteiger partial charge in [-0.25, -0.2) is 12.7 Å². The molecule has 26 heavy (non-hydrogen) atoms. The quantitative estimate of drug-likeness (QED) is 0.765. The molecule has 2 rings (SSSR count). The Morgan fingerprint density at radius 1 is 1.08 bits per heavy atom. The maximum Gasteiger partial charge on any atom is 0.416 e. The molecule has 2 aromatic carbocycles. The van der Waals surface area contributed by atoms with Crippen LogP contribution in [0.5, 0.6) is 0 Å². The van der Waals surface area contributed by atoms with Crippen LogP contribution in [-0.4, -0.2) is 32.7 Å². The van der Waals surface area contributed by atoms with Crippen LogP contribution in [0.15, 0.2) is 51.8 Å². The number of carbonyl (C=O) groups excluding carboxylic acids is 1. The summed E-state index contributed by atoms with van der Waals surface area (Å²) < 4.78 is 63.5. The highest BCUT2D eigenvalue weighted by molar-refractivity contribution is 9.10. The lowest BCUT2D eigenvalue weighted by atomic mass is 10.2. The van der Waals surface area contributed by atoms with E-state index in [1.165, 1.54) is 32.3 Å². The van der Waals surface area contributed by atoms with Crippen molar-refractivity contribution < 1.29 is 26.4 Å². The minimum atomic E-state index is -4.47. The Balaban J connectivity index is 2.28. The molecule has 0 aliphatic heterocycles. The number of hydrogen-bond donors (Lipinski definition) is 1. The van der Waals surface area contributed by atoms with Crippen LogP contribution in [0.3, 0.4) is 0 Å². The first kappa shape index (κ1) is 20.4. The van der Waals surface area contributed by atoms with Gasteiger partial charge in [-0.2, -0.15) is 13.2 Å². The molecule has 0 unspecified atom stereocenters. The average molecular weight is 451 g/mol. The van der Waals surface area contributed by atoms with E-state index in [0.717, 1.165) is 28.6 Å². The van der Waals surface area contributed by atoms with Crippen molar-refractivity contribution in [2.24, 2.45) is 0 Å². The highest BCUT2D eigenvalue weighted by atomic mass is 79.9. The number of anilines is 1. The van der Waals surface area contributed by atoms with Gasteiger partial charge in [0.1, 0.15) is 0 Å². The highest BCUT2D eigenvalue weighted by Gasteiger charge is 2.30. The molecule has 1 N–H and O–H groups in total. The van der Waals surface area contributed by atoms with Crippen LogP contribution in [0.1, 0.15) is 15.9 Å². The smallest absolute Gasteiger partial charge is 0.322 e. The number of hydrogen-bond acceptors (Lipinski definition) is 3. The molecule has 1 amide bonds. The number of carbonyl (C=O) groups is 1. The third-order valence-corrected chi connectivity index (χ3v) is 6.23. The number of amides is 1. The van der Waals surface area contributed by atoms with Crippen molar-refractivity contribution in [3.63, 3.8) is 0 Å². The maximum absolute atomic E-state index is 12.6. The summed E-state index contributed by atoms with van der Waals surface area (Å²) in [6.45, 7) is 0. The lowest BCUT2D eigenvalue weighted by molar-refractivity contribution is -0.137. The Morgan fingerprint density at radius 2 is 1.65 bits per heavy atom. The van der Waals surface area contributed by atoms with Gasteiger partial charge in [0.2, 0.25) is 10.0 Å². The number of sulfonamides is 1. The minimum Gasteiger partial charge on any atom is -0.322 e. The fourth-order valence-corrected chi connectivity index (χ4v) is 3.83. The van der Waals surface area contributed by atoms with Crippen molar-refractivity contribution in [2.75, 3.05) is 19.4 Å². The lowest BCUT2D eigenvalue weighted by Gasteiger charge is -2.14. The molecule has 0 saturated carbocycles. The normalized spacial score (nSPS) is 12.3. The zero-order chi connectivity index (χ0) is 19.7. The van der Waals surface area contributed by atoms with Crippen LogP contribution in [0.25, 0.3) is 0 Å². The summed E-state index contributed by atoms with van der Waals surface area (Å²) in [6, 6.07) is 7.95. The van der Waals surface area contributed by atoms with Crippen LogP contribution in [-0.2, 0) is 16.2 Å². The first-order chi connectivity index (χ1) is 11.9. The topological polar surface area (TPSA) is 66.5 Å². The fraction of sp³-hybridized carbons (Fsp3) is 0.188. The van der Waals surface area contributed by atoms with E-state index < -0.39 is 27.7 Å². The molecular weight excluding hydrogens is 437 g/mol. The van der Waals surface area contributed by atoms with Gasteiger partial charge in [0.25, 0.3) is 5.91 Å². The number of rotatable bonds is 4. The molecule has 0 spiro atoms. The number of nitrogens with one attached hydrogen (secondary N) is 1. The van der Waals surface area contributed by atoms with Crippen molar-refractivity contribution in [3.05, 3.63) is 58.1 Å². The zero-order valence-electron chi connectivity index (χ0n) is 13.6.